The predicted octanol–water partition coefficient (Wildman–Crippen LogP) is 2.54. The Hall–Kier alpha value is -0.950. The number of methoxy groups -OCH3 is 1. The van der Waals surface area contributed by atoms with Crippen LogP contribution in [0.3, 0.4) is 0 Å². The monoisotopic (exact) mass is 354 g/mol. The lowest BCUT2D eigenvalue weighted by atomic mass is 10.0. The topological polar surface area (TPSA) is 49.9 Å². The van der Waals surface area contributed by atoms with Crippen molar-refractivity contribution in [3.8, 4) is 0 Å². The van der Waals surface area contributed by atoms with Gasteiger partial charge in [-0.1, -0.05) is 37.3 Å². The first-order valence-corrected chi connectivity index (χ1v) is 10.3. The molecule has 0 amide bonds. The maximum absolute atomic E-state index is 13.1. The van der Waals surface area contributed by atoms with Crippen molar-refractivity contribution in [2.75, 3.05) is 39.9 Å². The van der Waals surface area contributed by atoms with E-state index in [1.54, 1.807) is 15.7 Å². The van der Waals surface area contributed by atoms with Gasteiger partial charge < -0.3 is 4.74 Å². The number of nitrogens with zero attached hydrogens (tertiary/aromatic N) is 2. The van der Waals surface area contributed by atoms with E-state index >= 15 is 0 Å². The Labute approximate surface area is 146 Å². The van der Waals surface area contributed by atoms with Crippen LogP contribution in [0, 0.1) is 5.92 Å². The normalized spacial score (nSPS) is 19.7. The molecule has 0 radical (unpaired) electrons. The summed E-state index contributed by atoms with van der Waals surface area (Å²) >= 11 is 0. The van der Waals surface area contributed by atoms with Crippen molar-refractivity contribution in [3.05, 3.63) is 35.9 Å². The third-order valence-electron chi connectivity index (χ3n) is 4.50. The molecule has 2 rings (SSSR count). The van der Waals surface area contributed by atoms with Gasteiger partial charge in [0.1, 0.15) is 0 Å². The minimum Gasteiger partial charge on any atom is -0.384 e. The Bertz CT molecular complexity index is 575. The first kappa shape index (κ1) is 19.4. The van der Waals surface area contributed by atoms with E-state index in [2.05, 4.69) is 0 Å². The molecule has 1 aromatic carbocycles. The van der Waals surface area contributed by atoms with Gasteiger partial charge in [0, 0.05) is 33.3 Å². The molecule has 136 valence electrons. The van der Waals surface area contributed by atoms with Gasteiger partial charge in [0.2, 0.25) is 0 Å². The van der Waals surface area contributed by atoms with Crippen molar-refractivity contribution in [1.82, 2.24) is 8.61 Å². The van der Waals surface area contributed by atoms with Crippen molar-refractivity contribution >= 4 is 10.2 Å². The first-order chi connectivity index (χ1) is 11.6. The van der Waals surface area contributed by atoms with Crippen LogP contribution in [0.15, 0.2) is 30.3 Å². The number of benzene rings is 1. The van der Waals surface area contributed by atoms with E-state index in [4.69, 9.17) is 4.74 Å². The van der Waals surface area contributed by atoms with Crippen molar-refractivity contribution in [2.45, 2.75) is 32.6 Å². The van der Waals surface area contributed by atoms with Crippen LogP contribution in [0.2, 0.25) is 0 Å². The van der Waals surface area contributed by atoms with E-state index in [-0.39, 0.29) is 0 Å². The molecule has 0 aliphatic carbocycles. The second-order valence-electron chi connectivity index (χ2n) is 6.46. The quantitative estimate of drug-likeness (QED) is 0.685. The zero-order valence-corrected chi connectivity index (χ0v) is 15.7. The fraction of sp³-hybridized carbons (Fsp3) is 0.667. The highest BCUT2D eigenvalue weighted by molar-refractivity contribution is 7.86. The molecule has 1 saturated heterocycles. The maximum atomic E-state index is 13.1. The van der Waals surface area contributed by atoms with Crippen LogP contribution < -0.4 is 0 Å². The van der Waals surface area contributed by atoms with Crippen molar-refractivity contribution in [3.63, 3.8) is 0 Å². The first-order valence-electron chi connectivity index (χ1n) is 8.86. The van der Waals surface area contributed by atoms with Crippen LogP contribution >= 0.6 is 0 Å². The molecule has 6 heteroatoms. The highest BCUT2D eigenvalue weighted by atomic mass is 32.2. The highest BCUT2D eigenvalue weighted by Crippen LogP contribution is 2.22. The lowest BCUT2D eigenvalue weighted by molar-refractivity contribution is 0.116. The third kappa shape index (κ3) is 5.28. The lowest BCUT2D eigenvalue weighted by Gasteiger charge is -2.35. The Morgan fingerprint density at radius 3 is 2.67 bits per heavy atom. The zero-order valence-electron chi connectivity index (χ0n) is 14.9. The number of hydrogen-bond acceptors (Lipinski definition) is 3. The number of hydrogen-bond donors (Lipinski definition) is 0. The predicted molar refractivity (Wildman–Crippen MR) is 97.1 cm³/mol. The van der Waals surface area contributed by atoms with E-state index in [0.29, 0.717) is 38.7 Å². The van der Waals surface area contributed by atoms with Gasteiger partial charge in [-0.3, -0.25) is 0 Å². The van der Waals surface area contributed by atoms with E-state index in [1.807, 2.05) is 37.3 Å². The fourth-order valence-electron chi connectivity index (χ4n) is 3.26. The molecular formula is C18H30N2O3S. The minimum absolute atomic E-state index is 0.302. The van der Waals surface area contributed by atoms with Gasteiger partial charge in [0.25, 0.3) is 10.2 Å². The summed E-state index contributed by atoms with van der Waals surface area (Å²) in [6, 6.07) is 10.1. The van der Waals surface area contributed by atoms with E-state index < -0.39 is 10.2 Å². The molecule has 5 nitrogen and oxygen atoms in total. The Morgan fingerprint density at radius 1 is 1.25 bits per heavy atom. The van der Waals surface area contributed by atoms with Crippen molar-refractivity contribution in [1.29, 1.82) is 0 Å². The Morgan fingerprint density at radius 2 is 2.00 bits per heavy atom. The van der Waals surface area contributed by atoms with Gasteiger partial charge in [0.15, 0.2) is 0 Å². The maximum Gasteiger partial charge on any atom is 0.281 e. The lowest BCUT2D eigenvalue weighted by Crippen LogP contribution is -2.49. The third-order valence-corrected chi connectivity index (χ3v) is 6.50. The van der Waals surface area contributed by atoms with Gasteiger partial charge in [-0.15, -0.1) is 0 Å². The summed E-state index contributed by atoms with van der Waals surface area (Å²) in [6.07, 6.45) is 3.52. The van der Waals surface area contributed by atoms with Crippen LogP contribution in [0.25, 0.3) is 0 Å². The highest BCUT2D eigenvalue weighted by Gasteiger charge is 2.33. The van der Waals surface area contributed by atoms with Gasteiger partial charge >= 0.3 is 0 Å². The minimum atomic E-state index is -3.40. The van der Waals surface area contributed by atoms with Gasteiger partial charge in [-0.2, -0.15) is 17.0 Å². The van der Waals surface area contributed by atoms with Crippen molar-refractivity contribution < 1.29 is 13.2 Å². The summed E-state index contributed by atoms with van der Waals surface area (Å²) in [5.41, 5.74) is 1.17. The van der Waals surface area contributed by atoms with Crippen LogP contribution in [0.5, 0.6) is 0 Å². The average Bonchev–Trinajstić information content (AvgIpc) is 2.60. The molecular weight excluding hydrogens is 324 g/mol. The Balaban J connectivity index is 2.04. The molecule has 1 aromatic rings. The molecule has 1 aliphatic rings. The van der Waals surface area contributed by atoms with Crippen molar-refractivity contribution in [2.24, 2.45) is 5.92 Å². The van der Waals surface area contributed by atoms with Crippen LogP contribution in [0.4, 0.5) is 0 Å². The average molecular weight is 355 g/mol. The Kier molecular flexibility index (Phi) is 7.68. The SMILES string of the molecule is CCCN(CCc1ccccc1)S(=O)(=O)N1CCCC(COC)C1. The summed E-state index contributed by atoms with van der Waals surface area (Å²) in [5, 5.41) is 0. The molecule has 0 spiro atoms. The molecule has 24 heavy (non-hydrogen) atoms. The number of rotatable bonds is 9. The molecule has 0 aromatic heterocycles. The van der Waals surface area contributed by atoms with Crippen LogP contribution in [-0.2, 0) is 21.4 Å². The molecule has 1 unspecified atom stereocenters. The second-order valence-corrected chi connectivity index (χ2v) is 8.39. The smallest absolute Gasteiger partial charge is 0.281 e. The summed E-state index contributed by atoms with van der Waals surface area (Å²) in [6.45, 7) is 4.95. The molecule has 1 atom stereocenters. The second kappa shape index (κ2) is 9.51. The van der Waals surface area contributed by atoms with Crippen LogP contribution in [0.1, 0.15) is 31.7 Å². The molecule has 1 aliphatic heterocycles. The summed E-state index contributed by atoms with van der Waals surface area (Å²) in [4.78, 5) is 0. The molecule has 0 saturated carbocycles. The summed E-state index contributed by atoms with van der Waals surface area (Å²) < 4.78 is 34.6. The molecule has 1 heterocycles. The van der Waals surface area contributed by atoms with E-state index in [9.17, 15) is 8.42 Å². The summed E-state index contributed by atoms with van der Waals surface area (Å²) in [7, 11) is -1.72. The molecule has 0 bridgehead atoms. The zero-order chi connectivity index (χ0) is 17.4. The molecule has 0 N–H and O–H groups in total. The van der Waals surface area contributed by atoms with Gasteiger partial charge in [-0.05, 0) is 37.2 Å². The fourth-order valence-corrected chi connectivity index (χ4v) is 5.08. The van der Waals surface area contributed by atoms with Gasteiger partial charge in [-0.25, -0.2) is 0 Å². The largest absolute Gasteiger partial charge is 0.384 e. The number of piperidine rings is 1. The van der Waals surface area contributed by atoms with E-state index in [1.165, 1.54) is 5.56 Å². The summed E-state index contributed by atoms with van der Waals surface area (Å²) in [5.74, 6) is 0.302. The molecule has 1 fully saturated rings. The number of ether oxygens (including phenoxy) is 1. The van der Waals surface area contributed by atoms with Gasteiger partial charge in [0.05, 0.1) is 6.61 Å². The standard InChI is InChI=1S/C18H30N2O3S/c1-3-12-19(14-11-17-8-5-4-6-9-17)24(21,22)20-13-7-10-18(15-20)16-23-2/h4-6,8-9,18H,3,7,10-16H2,1-2H3. The van der Waals surface area contributed by atoms with E-state index in [0.717, 1.165) is 25.7 Å². The van der Waals surface area contributed by atoms with Crippen LogP contribution in [-0.4, -0.2) is 56.9 Å².